The van der Waals surface area contributed by atoms with Crippen LogP contribution in [0.15, 0.2) is 0 Å². The molecule has 0 unspecified atom stereocenters. The van der Waals surface area contributed by atoms with Crippen LogP contribution in [0.25, 0.3) is 0 Å². The van der Waals surface area contributed by atoms with E-state index < -0.39 is 0 Å². The quantitative estimate of drug-likeness (QED) is 0.414. The summed E-state index contributed by atoms with van der Waals surface area (Å²) >= 11 is 0. The van der Waals surface area contributed by atoms with Gasteiger partial charge in [0.2, 0.25) is 0 Å². The summed E-state index contributed by atoms with van der Waals surface area (Å²) in [6.07, 6.45) is 0. The Balaban J connectivity index is 0. The molecule has 0 aromatic rings. The monoisotopic (exact) mass is 310 g/mol. The van der Waals surface area contributed by atoms with Crippen LogP contribution >= 0.6 is 0 Å². The van der Waals surface area contributed by atoms with Gasteiger partial charge in [0, 0.05) is 0 Å². The first-order valence-corrected chi connectivity index (χ1v) is 0. The van der Waals surface area contributed by atoms with E-state index in [9.17, 15) is 0 Å². The minimum Gasteiger partial charge on any atom is -2.00 e. The molecular weight excluding hydrogens is 311 g/mol. The Morgan fingerprint density at radius 2 is 0.571 bits per heavy atom. The normalized spacial score (nSPS) is 0. The summed E-state index contributed by atoms with van der Waals surface area (Å²) in [5, 5.41) is 0. The zero-order valence-electron chi connectivity index (χ0n) is 3.40. The molecular formula is LiNiO4Ta. The van der Waals surface area contributed by atoms with Crippen molar-refractivity contribution in [3.8, 4) is 0 Å². The largest absolute Gasteiger partial charge is 5.00 e. The van der Waals surface area contributed by atoms with Crippen molar-refractivity contribution in [1.29, 1.82) is 0 Å². The van der Waals surface area contributed by atoms with Crippen LogP contribution < -0.4 is 18.9 Å². The Kier molecular flexibility index (Phi) is 3190. The average Bonchev–Trinajstić information content (AvgIpc) is 0. The fraction of sp³-hybridized carbons (Fsp3) is 0. The van der Waals surface area contributed by atoms with Crippen molar-refractivity contribution in [2.45, 2.75) is 0 Å². The molecule has 0 fully saturated rings. The van der Waals surface area contributed by atoms with Crippen molar-refractivity contribution in [3.63, 3.8) is 0 Å². The molecule has 0 heterocycles. The van der Waals surface area contributed by atoms with Crippen LogP contribution in [-0.2, 0) is 60.8 Å². The Bertz CT molecular complexity index is 11.7. The van der Waals surface area contributed by atoms with E-state index in [0.717, 1.165) is 0 Å². The molecule has 0 aromatic carbocycles. The second-order valence-electron chi connectivity index (χ2n) is 0. The molecule has 0 atom stereocenters. The van der Waals surface area contributed by atoms with Gasteiger partial charge in [-0.15, -0.1) is 0 Å². The Labute approximate surface area is 79.3 Å². The Hall–Kier alpha value is 1.67. The molecule has 0 spiro atoms. The van der Waals surface area contributed by atoms with E-state index in [2.05, 4.69) is 0 Å². The first-order valence-electron chi connectivity index (χ1n) is 0. The van der Waals surface area contributed by atoms with E-state index in [0.29, 0.717) is 0 Å². The first kappa shape index (κ1) is 183. The molecule has 0 aliphatic carbocycles. The van der Waals surface area contributed by atoms with Gasteiger partial charge in [-0.2, -0.15) is 0 Å². The molecule has 0 N–H and O–H groups in total. The standard InChI is InChI=1S/Li.Ni.4O.Ta/q+1;+2;4*-2;+5. The zero-order chi connectivity index (χ0) is 0. The van der Waals surface area contributed by atoms with Crippen LogP contribution in [0.1, 0.15) is 0 Å². The van der Waals surface area contributed by atoms with E-state index in [1.165, 1.54) is 0 Å². The summed E-state index contributed by atoms with van der Waals surface area (Å²) in [6.45, 7) is 0. The van der Waals surface area contributed by atoms with Gasteiger partial charge in [0.05, 0.1) is 0 Å². The molecule has 0 rings (SSSR count). The van der Waals surface area contributed by atoms with Gasteiger partial charge in [0.25, 0.3) is 0 Å². The number of hydrogen-bond acceptors (Lipinski definition) is 0. The average molecular weight is 311 g/mol. The molecule has 4 nitrogen and oxygen atoms in total. The van der Waals surface area contributed by atoms with Crippen molar-refractivity contribution in [1.82, 2.24) is 0 Å². The Morgan fingerprint density at radius 1 is 0.571 bits per heavy atom. The third-order valence-corrected chi connectivity index (χ3v) is 0. The van der Waals surface area contributed by atoms with E-state index in [1.807, 2.05) is 0 Å². The van der Waals surface area contributed by atoms with Crippen LogP contribution in [0, 0.1) is 0 Å². The van der Waals surface area contributed by atoms with Crippen molar-refractivity contribution in [2.75, 3.05) is 0 Å². The van der Waals surface area contributed by atoms with Gasteiger partial charge in [-0.1, -0.05) is 0 Å². The second kappa shape index (κ2) is 122. The molecule has 0 saturated carbocycles. The van der Waals surface area contributed by atoms with Gasteiger partial charge in [-0.25, -0.2) is 0 Å². The summed E-state index contributed by atoms with van der Waals surface area (Å²) < 4.78 is 0. The maximum atomic E-state index is 0. The van der Waals surface area contributed by atoms with Gasteiger partial charge in [0.15, 0.2) is 0 Å². The van der Waals surface area contributed by atoms with Gasteiger partial charge in [-0.3, -0.25) is 0 Å². The summed E-state index contributed by atoms with van der Waals surface area (Å²) in [7, 11) is 0. The molecule has 7 heteroatoms. The minimum absolute atomic E-state index is 0. The van der Waals surface area contributed by atoms with Gasteiger partial charge in [-0.05, 0) is 0 Å². The van der Waals surface area contributed by atoms with Gasteiger partial charge >= 0.3 is 57.7 Å². The fourth-order valence-electron chi connectivity index (χ4n) is 0. The molecule has 0 amide bonds. The van der Waals surface area contributed by atoms with Crippen LogP contribution in [-0.4, -0.2) is 0 Å². The number of hydrogen-bond donors (Lipinski definition) is 0. The molecule has 7 heavy (non-hydrogen) atoms. The van der Waals surface area contributed by atoms with Crippen molar-refractivity contribution < 1.29 is 79.6 Å². The van der Waals surface area contributed by atoms with E-state index >= 15 is 0 Å². The van der Waals surface area contributed by atoms with E-state index in [1.54, 1.807) is 0 Å². The van der Waals surface area contributed by atoms with E-state index in [-0.39, 0.29) is 79.6 Å². The smallest absolute Gasteiger partial charge is 2.00 e. The maximum absolute atomic E-state index is 0. The van der Waals surface area contributed by atoms with E-state index in [4.69, 9.17) is 0 Å². The predicted octanol–water partition coefficient (Wildman–Crippen LogP) is -3.48. The molecule has 0 aliphatic rings. The van der Waals surface area contributed by atoms with Crippen molar-refractivity contribution >= 4 is 0 Å². The molecule has 0 saturated heterocycles. The molecule has 0 radical (unpaired) electrons. The van der Waals surface area contributed by atoms with Crippen molar-refractivity contribution in [3.05, 3.63) is 0 Å². The zero-order valence-corrected chi connectivity index (χ0v) is 7.60. The molecule has 0 aromatic heterocycles. The predicted molar refractivity (Wildman–Crippen MR) is 2.75 cm³/mol. The molecule has 40 valence electrons. The second-order valence-corrected chi connectivity index (χ2v) is 0. The summed E-state index contributed by atoms with van der Waals surface area (Å²) in [5.74, 6) is 0. The van der Waals surface area contributed by atoms with Crippen LogP contribution in [0.5, 0.6) is 0 Å². The topological polar surface area (TPSA) is 114 Å². The van der Waals surface area contributed by atoms with Crippen LogP contribution in [0.2, 0.25) is 0 Å². The van der Waals surface area contributed by atoms with Gasteiger partial charge < -0.3 is 21.9 Å². The third-order valence-electron chi connectivity index (χ3n) is 0. The van der Waals surface area contributed by atoms with Crippen LogP contribution in [0.3, 0.4) is 0 Å². The molecule has 0 bridgehead atoms. The van der Waals surface area contributed by atoms with Crippen LogP contribution in [0.4, 0.5) is 0 Å². The number of rotatable bonds is 0. The summed E-state index contributed by atoms with van der Waals surface area (Å²) in [5.41, 5.74) is 0. The third kappa shape index (κ3) is 88.3. The van der Waals surface area contributed by atoms with Crippen molar-refractivity contribution in [2.24, 2.45) is 0 Å². The maximum Gasteiger partial charge on any atom is 5.00 e. The summed E-state index contributed by atoms with van der Waals surface area (Å²) in [4.78, 5) is 0. The first-order chi connectivity index (χ1) is 0. The Morgan fingerprint density at radius 3 is 0.571 bits per heavy atom. The molecule has 0 aliphatic heterocycles. The SMILES string of the molecule is [Li+].[Ni+2].[O-2].[O-2].[O-2].[O-2].[Ta+5]. The summed E-state index contributed by atoms with van der Waals surface area (Å²) in [6, 6.07) is 0. The van der Waals surface area contributed by atoms with Gasteiger partial charge in [0.1, 0.15) is 0 Å². The minimum atomic E-state index is 0. The fourth-order valence-corrected chi connectivity index (χ4v) is 0.